The summed E-state index contributed by atoms with van der Waals surface area (Å²) in [5.41, 5.74) is 0. The predicted molar refractivity (Wildman–Crippen MR) is 119 cm³/mol. The van der Waals surface area contributed by atoms with Crippen LogP contribution in [0.2, 0.25) is 0 Å². The number of anilines is 3. The molecular weight excluding hydrogens is 416 g/mol. The van der Waals surface area contributed by atoms with Crippen LogP contribution in [-0.4, -0.2) is 66.2 Å². The number of pyridine rings is 1. The fraction of sp³-hybridized carbons (Fsp3) is 0.286. The Hall–Kier alpha value is -3.24. The van der Waals surface area contributed by atoms with Gasteiger partial charge in [-0.1, -0.05) is 24.3 Å². The molecule has 0 aliphatic carbocycles. The zero-order chi connectivity index (χ0) is 21.5. The number of nitrogens with zero attached hydrogens (tertiary/aromatic N) is 5. The maximum Gasteiger partial charge on any atom is 0.217 e. The molecule has 0 radical (unpaired) electrons. The molecule has 2 aromatic heterocycles. The van der Waals surface area contributed by atoms with E-state index in [9.17, 15) is 8.42 Å². The highest BCUT2D eigenvalue weighted by Gasteiger charge is 2.27. The van der Waals surface area contributed by atoms with Gasteiger partial charge >= 0.3 is 0 Å². The number of para-hydroxylation sites is 1. The minimum Gasteiger partial charge on any atom is -0.492 e. The first-order chi connectivity index (χ1) is 15.1. The van der Waals surface area contributed by atoms with Crippen molar-refractivity contribution < 1.29 is 13.2 Å². The summed E-state index contributed by atoms with van der Waals surface area (Å²) in [6.07, 6.45) is 3.19. The standard InChI is InChI=1S/C21H24N6O3S/c28-31(29,15-14-30-18-6-2-1-3-7-18)27-12-10-26(11-13-27)21-16-20(23-17-24-21)25-19-8-4-5-9-22-19/h1-9,16-17H,10-15H2,(H,22,23,24,25). The number of sulfonamides is 1. The summed E-state index contributed by atoms with van der Waals surface area (Å²) in [7, 11) is -3.38. The second-order valence-corrected chi connectivity index (χ2v) is 9.05. The van der Waals surface area contributed by atoms with E-state index in [2.05, 4.69) is 25.2 Å². The fourth-order valence-electron chi connectivity index (χ4n) is 3.26. The Morgan fingerprint density at radius 3 is 2.42 bits per heavy atom. The number of piperazine rings is 1. The third kappa shape index (κ3) is 5.68. The molecule has 0 amide bonds. The lowest BCUT2D eigenvalue weighted by Gasteiger charge is -2.34. The number of nitrogens with one attached hydrogen (secondary N) is 1. The van der Waals surface area contributed by atoms with Gasteiger partial charge in [-0.05, 0) is 24.3 Å². The highest BCUT2D eigenvalue weighted by molar-refractivity contribution is 7.89. The molecule has 1 aliphatic heterocycles. The Morgan fingerprint density at radius 2 is 1.68 bits per heavy atom. The highest BCUT2D eigenvalue weighted by Crippen LogP contribution is 2.19. The Labute approximate surface area is 181 Å². The number of aromatic nitrogens is 3. The Bertz CT molecular complexity index is 1070. The van der Waals surface area contributed by atoms with E-state index >= 15 is 0 Å². The molecule has 1 aliphatic rings. The van der Waals surface area contributed by atoms with Crippen molar-refractivity contribution in [2.75, 3.05) is 48.8 Å². The summed E-state index contributed by atoms with van der Waals surface area (Å²) in [6.45, 7) is 2.04. The number of rotatable bonds is 8. The smallest absolute Gasteiger partial charge is 0.217 e. The van der Waals surface area contributed by atoms with Gasteiger partial charge in [0.25, 0.3) is 0 Å². The van der Waals surface area contributed by atoms with Crippen molar-refractivity contribution in [2.45, 2.75) is 0 Å². The highest BCUT2D eigenvalue weighted by atomic mass is 32.2. The molecule has 9 nitrogen and oxygen atoms in total. The molecule has 0 atom stereocenters. The molecule has 1 fully saturated rings. The van der Waals surface area contributed by atoms with Crippen molar-refractivity contribution in [3.63, 3.8) is 0 Å². The van der Waals surface area contributed by atoms with Crippen LogP contribution in [0.3, 0.4) is 0 Å². The van der Waals surface area contributed by atoms with Crippen LogP contribution in [0.1, 0.15) is 0 Å². The van der Waals surface area contributed by atoms with Crippen LogP contribution in [0.25, 0.3) is 0 Å². The molecule has 162 valence electrons. The molecule has 31 heavy (non-hydrogen) atoms. The van der Waals surface area contributed by atoms with E-state index in [1.54, 1.807) is 6.20 Å². The minimum absolute atomic E-state index is 0.0481. The van der Waals surface area contributed by atoms with E-state index in [1.807, 2.05) is 54.6 Å². The van der Waals surface area contributed by atoms with Crippen LogP contribution in [0.4, 0.5) is 17.5 Å². The quantitative estimate of drug-likeness (QED) is 0.569. The van der Waals surface area contributed by atoms with E-state index < -0.39 is 10.0 Å². The lowest BCUT2D eigenvalue weighted by Crippen LogP contribution is -2.50. The summed E-state index contributed by atoms with van der Waals surface area (Å²) >= 11 is 0. The van der Waals surface area contributed by atoms with Gasteiger partial charge in [0.2, 0.25) is 10.0 Å². The molecular formula is C21H24N6O3S. The first-order valence-electron chi connectivity index (χ1n) is 10.0. The number of ether oxygens (including phenoxy) is 1. The van der Waals surface area contributed by atoms with Gasteiger partial charge in [0, 0.05) is 38.4 Å². The van der Waals surface area contributed by atoms with Crippen LogP contribution in [-0.2, 0) is 10.0 Å². The SMILES string of the molecule is O=S(=O)(CCOc1ccccc1)N1CCN(c2cc(Nc3ccccn3)ncn2)CC1. The molecule has 10 heteroatoms. The molecule has 1 N–H and O–H groups in total. The zero-order valence-corrected chi connectivity index (χ0v) is 17.8. The van der Waals surface area contributed by atoms with Gasteiger partial charge < -0.3 is 15.0 Å². The van der Waals surface area contributed by atoms with Crippen LogP contribution in [0, 0.1) is 0 Å². The Kier molecular flexibility index (Phi) is 6.58. The molecule has 0 spiro atoms. The van der Waals surface area contributed by atoms with E-state index in [1.165, 1.54) is 10.6 Å². The molecule has 0 saturated carbocycles. The average Bonchev–Trinajstić information content (AvgIpc) is 2.81. The van der Waals surface area contributed by atoms with Gasteiger partial charge in [0.05, 0.1) is 5.75 Å². The van der Waals surface area contributed by atoms with Crippen LogP contribution < -0.4 is 15.0 Å². The second-order valence-electron chi connectivity index (χ2n) is 6.97. The van der Waals surface area contributed by atoms with Gasteiger partial charge in [-0.3, -0.25) is 0 Å². The van der Waals surface area contributed by atoms with Crippen molar-refractivity contribution in [3.05, 3.63) is 67.1 Å². The van der Waals surface area contributed by atoms with Gasteiger partial charge in [0.15, 0.2) is 0 Å². The van der Waals surface area contributed by atoms with E-state index in [4.69, 9.17) is 4.74 Å². The molecule has 3 heterocycles. The van der Waals surface area contributed by atoms with Gasteiger partial charge in [-0.15, -0.1) is 0 Å². The number of benzene rings is 1. The van der Waals surface area contributed by atoms with Gasteiger partial charge in [0.1, 0.15) is 36.1 Å². The van der Waals surface area contributed by atoms with E-state index in [0.29, 0.717) is 43.6 Å². The summed E-state index contributed by atoms with van der Waals surface area (Å²) in [5.74, 6) is 2.70. The first-order valence-corrected chi connectivity index (χ1v) is 11.6. The van der Waals surface area contributed by atoms with Crippen LogP contribution in [0.5, 0.6) is 5.75 Å². The summed E-state index contributed by atoms with van der Waals surface area (Å²) in [5, 5.41) is 3.14. The van der Waals surface area contributed by atoms with Crippen molar-refractivity contribution in [3.8, 4) is 5.75 Å². The van der Waals surface area contributed by atoms with Crippen LogP contribution in [0.15, 0.2) is 67.1 Å². The third-order valence-corrected chi connectivity index (χ3v) is 6.72. The van der Waals surface area contributed by atoms with E-state index in [-0.39, 0.29) is 12.4 Å². The molecule has 0 bridgehead atoms. The maximum atomic E-state index is 12.7. The maximum absolute atomic E-state index is 12.7. The second kappa shape index (κ2) is 9.71. The normalized spacial score (nSPS) is 14.9. The molecule has 1 aromatic carbocycles. The number of hydrogen-bond donors (Lipinski definition) is 1. The fourth-order valence-corrected chi connectivity index (χ4v) is 4.53. The Morgan fingerprint density at radius 1 is 0.903 bits per heavy atom. The van der Waals surface area contributed by atoms with Crippen molar-refractivity contribution in [2.24, 2.45) is 0 Å². The van der Waals surface area contributed by atoms with Crippen molar-refractivity contribution >= 4 is 27.5 Å². The third-order valence-electron chi connectivity index (χ3n) is 4.88. The average molecular weight is 441 g/mol. The van der Waals surface area contributed by atoms with E-state index in [0.717, 1.165) is 5.82 Å². The molecule has 1 saturated heterocycles. The first kappa shape index (κ1) is 21.0. The predicted octanol–water partition coefficient (Wildman–Crippen LogP) is 2.15. The van der Waals surface area contributed by atoms with Gasteiger partial charge in [-0.2, -0.15) is 4.31 Å². The number of hydrogen-bond acceptors (Lipinski definition) is 8. The Balaban J connectivity index is 1.30. The minimum atomic E-state index is -3.38. The largest absolute Gasteiger partial charge is 0.492 e. The summed E-state index contributed by atoms with van der Waals surface area (Å²) < 4.78 is 32.4. The lowest BCUT2D eigenvalue weighted by molar-refractivity contribution is 0.331. The van der Waals surface area contributed by atoms with Crippen molar-refractivity contribution in [1.29, 1.82) is 0 Å². The summed E-state index contributed by atoms with van der Waals surface area (Å²) in [4.78, 5) is 14.9. The molecule has 3 aromatic rings. The van der Waals surface area contributed by atoms with Crippen molar-refractivity contribution in [1.82, 2.24) is 19.3 Å². The molecule has 4 rings (SSSR count). The lowest BCUT2D eigenvalue weighted by atomic mass is 10.3. The monoisotopic (exact) mass is 440 g/mol. The van der Waals surface area contributed by atoms with Gasteiger partial charge in [-0.25, -0.2) is 23.4 Å². The summed E-state index contributed by atoms with van der Waals surface area (Å²) in [6, 6.07) is 16.6. The molecule has 0 unspecified atom stereocenters. The topological polar surface area (TPSA) is 101 Å². The van der Waals surface area contributed by atoms with Crippen LogP contribution >= 0.6 is 0 Å². The zero-order valence-electron chi connectivity index (χ0n) is 17.0.